The number of carboxylic acids is 1. The molecule has 2 rings (SSSR count). The zero-order valence-corrected chi connectivity index (χ0v) is 12.4. The van der Waals surface area contributed by atoms with E-state index in [1.807, 2.05) is 12.1 Å². The molecule has 5 heteroatoms. The molecule has 20 heavy (non-hydrogen) atoms. The lowest BCUT2D eigenvalue weighted by Crippen LogP contribution is -2.11. The summed E-state index contributed by atoms with van der Waals surface area (Å²) in [6, 6.07) is 3.68. The van der Waals surface area contributed by atoms with Gasteiger partial charge in [0.2, 0.25) is 0 Å². The number of aliphatic carboxylic acids is 1. The molecule has 4 nitrogen and oxygen atoms in total. The summed E-state index contributed by atoms with van der Waals surface area (Å²) >= 11 is 6.19. The van der Waals surface area contributed by atoms with Gasteiger partial charge in [0.05, 0.1) is 25.2 Å². The van der Waals surface area contributed by atoms with E-state index in [2.05, 4.69) is 0 Å². The molecule has 1 saturated carbocycles. The van der Waals surface area contributed by atoms with E-state index in [1.165, 1.54) is 0 Å². The molecule has 0 amide bonds. The molecule has 1 fully saturated rings. The van der Waals surface area contributed by atoms with Crippen molar-refractivity contribution in [2.45, 2.75) is 31.8 Å². The van der Waals surface area contributed by atoms with Gasteiger partial charge in [0, 0.05) is 7.11 Å². The van der Waals surface area contributed by atoms with E-state index in [0.717, 1.165) is 24.0 Å². The zero-order chi connectivity index (χ0) is 14.7. The number of halogens is 1. The van der Waals surface area contributed by atoms with Crippen LogP contribution in [-0.2, 0) is 16.1 Å². The average molecular weight is 299 g/mol. The molecule has 0 aliphatic heterocycles. The summed E-state index contributed by atoms with van der Waals surface area (Å²) in [7, 11) is 3.18. The minimum absolute atomic E-state index is 0.000978. The Morgan fingerprint density at radius 1 is 1.45 bits per heavy atom. The van der Waals surface area contributed by atoms with Gasteiger partial charge in [0.25, 0.3) is 0 Å². The van der Waals surface area contributed by atoms with Crippen molar-refractivity contribution in [3.63, 3.8) is 0 Å². The maximum atomic E-state index is 11.1. The lowest BCUT2D eigenvalue weighted by atomic mass is 9.87. The van der Waals surface area contributed by atoms with Crippen LogP contribution in [0.2, 0.25) is 5.02 Å². The van der Waals surface area contributed by atoms with Crippen LogP contribution in [0.3, 0.4) is 0 Å². The molecule has 1 N–H and O–H groups in total. The van der Waals surface area contributed by atoms with Gasteiger partial charge in [-0.05, 0) is 47.9 Å². The van der Waals surface area contributed by atoms with E-state index in [0.29, 0.717) is 23.3 Å². The molecule has 110 valence electrons. The molecule has 0 spiro atoms. The fraction of sp³-hybridized carbons (Fsp3) is 0.533. The monoisotopic (exact) mass is 298 g/mol. The van der Waals surface area contributed by atoms with Crippen LogP contribution in [-0.4, -0.2) is 25.3 Å². The molecular formula is C15H19ClO4. The third-order valence-corrected chi connectivity index (χ3v) is 3.99. The van der Waals surface area contributed by atoms with E-state index in [-0.39, 0.29) is 12.3 Å². The molecule has 1 aliphatic carbocycles. The van der Waals surface area contributed by atoms with E-state index >= 15 is 0 Å². The fourth-order valence-corrected chi connectivity index (χ4v) is 2.86. The summed E-state index contributed by atoms with van der Waals surface area (Å²) in [6.07, 6.45) is 2.28. The third-order valence-electron chi connectivity index (χ3n) is 3.70. The first-order valence-corrected chi connectivity index (χ1v) is 7.01. The summed E-state index contributed by atoms with van der Waals surface area (Å²) in [5.74, 6) is 0.247. The number of hydrogen-bond acceptors (Lipinski definition) is 3. The van der Waals surface area contributed by atoms with Crippen LogP contribution >= 0.6 is 11.6 Å². The summed E-state index contributed by atoms with van der Waals surface area (Å²) < 4.78 is 10.4. The van der Waals surface area contributed by atoms with Crippen molar-refractivity contribution in [2.24, 2.45) is 5.92 Å². The van der Waals surface area contributed by atoms with Crippen LogP contribution in [0.15, 0.2) is 12.1 Å². The highest BCUT2D eigenvalue weighted by atomic mass is 35.5. The van der Waals surface area contributed by atoms with Gasteiger partial charge in [0.15, 0.2) is 0 Å². The molecule has 1 aliphatic rings. The SMILES string of the molecule is COCc1cc(OC)c(Cl)cc1C(CC(=O)O)C1CC1. The van der Waals surface area contributed by atoms with Crippen LogP contribution in [0.1, 0.15) is 36.3 Å². The molecule has 1 unspecified atom stereocenters. The zero-order valence-electron chi connectivity index (χ0n) is 11.7. The highest BCUT2D eigenvalue weighted by Crippen LogP contribution is 2.47. The van der Waals surface area contributed by atoms with Gasteiger partial charge in [-0.1, -0.05) is 11.6 Å². The molecule has 1 aromatic carbocycles. The Labute approximate surface area is 123 Å². The Kier molecular flexibility index (Phi) is 4.89. The van der Waals surface area contributed by atoms with Gasteiger partial charge in [-0.25, -0.2) is 0 Å². The highest BCUT2D eigenvalue weighted by Gasteiger charge is 2.35. The number of carbonyl (C=O) groups is 1. The van der Waals surface area contributed by atoms with Crippen LogP contribution < -0.4 is 4.74 Å². The van der Waals surface area contributed by atoms with Crippen LogP contribution in [0, 0.1) is 5.92 Å². The summed E-state index contributed by atoms with van der Waals surface area (Å²) in [5, 5.41) is 9.64. The predicted octanol–water partition coefficient (Wildman–Crippen LogP) is 3.46. The van der Waals surface area contributed by atoms with Crippen LogP contribution in [0.25, 0.3) is 0 Å². The van der Waals surface area contributed by atoms with Gasteiger partial charge < -0.3 is 14.6 Å². The number of hydrogen-bond donors (Lipinski definition) is 1. The normalized spacial score (nSPS) is 15.9. The maximum absolute atomic E-state index is 11.1. The summed E-state index contributed by atoms with van der Waals surface area (Å²) in [6.45, 7) is 0.422. The Morgan fingerprint density at radius 3 is 2.65 bits per heavy atom. The van der Waals surface area contributed by atoms with Gasteiger partial charge in [-0.15, -0.1) is 0 Å². The van der Waals surface area contributed by atoms with Crippen molar-refractivity contribution in [3.8, 4) is 5.75 Å². The molecular weight excluding hydrogens is 280 g/mol. The average Bonchev–Trinajstić information content (AvgIpc) is 3.22. The topological polar surface area (TPSA) is 55.8 Å². The number of rotatable bonds is 7. The number of benzene rings is 1. The Balaban J connectivity index is 2.40. The van der Waals surface area contributed by atoms with Crippen molar-refractivity contribution < 1.29 is 19.4 Å². The Bertz CT molecular complexity index is 497. The maximum Gasteiger partial charge on any atom is 0.303 e. The first-order valence-electron chi connectivity index (χ1n) is 6.63. The van der Waals surface area contributed by atoms with Gasteiger partial charge in [-0.3, -0.25) is 4.79 Å². The molecule has 0 radical (unpaired) electrons. The molecule has 1 aromatic rings. The lowest BCUT2D eigenvalue weighted by molar-refractivity contribution is -0.137. The Morgan fingerprint density at radius 2 is 2.15 bits per heavy atom. The van der Waals surface area contributed by atoms with Crippen molar-refractivity contribution in [2.75, 3.05) is 14.2 Å². The molecule has 0 saturated heterocycles. The smallest absolute Gasteiger partial charge is 0.303 e. The van der Waals surface area contributed by atoms with Crippen LogP contribution in [0.5, 0.6) is 5.75 Å². The first kappa shape index (κ1) is 15.1. The van der Waals surface area contributed by atoms with Crippen molar-refractivity contribution in [3.05, 3.63) is 28.3 Å². The number of ether oxygens (including phenoxy) is 2. The van der Waals surface area contributed by atoms with Crippen molar-refractivity contribution in [1.82, 2.24) is 0 Å². The predicted molar refractivity (Wildman–Crippen MR) is 76.4 cm³/mol. The second-order valence-corrected chi connectivity index (χ2v) is 5.57. The fourth-order valence-electron chi connectivity index (χ4n) is 2.61. The van der Waals surface area contributed by atoms with Crippen molar-refractivity contribution in [1.29, 1.82) is 0 Å². The number of methoxy groups -OCH3 is 2. The van der Waals surface area contributed by atoms with Gasteiger partial charge in [-0.2, -0.15) is 0 Å². The molecule has 0 heterocycles. The molecule has 0 bridgehead atoms. The van der Waals surface area contributed by atoms with E-state index < -0.39 is 5.97 Å². The second-order valence-electron chi connectivity index (χ2n) is 5.16. The quantitative estimate of drug-likeness (QED) is 0.837. The third kappa shape index (κ3) is 3.44. The van der Waals surface area contributed by atoms with Crippen LogP contribution in [0.4, 0.5) is 0 Å². The summed E-state index contributed by atoms with van der Waals surface area (Å²) in [5.41, 5.74) is 1.93. The largest absolute Gasteiger partial charge is 0.495 e. The van der Waals surface area contributed by atoms with E-state index in [9.17, 15) is 4.79 Å². The second kappa shape index (κ2) is 6.46. The highest BCUT2D eigenvalue weighted by molar-refractivity contribution is 6.32. The first-order chi connectivity index (χ1) is 9.56. The van der Waals surface area contributed by atoms with Gasteiger partial charge >= 0.3 is 5.97 Å². The molecule has 1 atom stereocenters. The minimum Gasteiger partial charge on any atom is -0.495 e. The lowest BCUT2D eigenvalue weighted by Gasteiger charge is -2.20. The van der Waals surface area contributed by atoms with E-state index in [4.69, 9.17) is 26.2 Å². The summed E-state index contributed by atoms with van der Waals surface area (Å²) in [4.78, 5) is 11.1. The number of carboxylic acid groups (broad SMARTS) is 1. The Hall–Kier alpha value is -1.26. The van der Waals surface area contributed by atoms with Gasteiger partial charge in [0.1, 0.15) is 5.75 Å². The van der Waals surface area contributed by atoms with Crippen molar-refractivity contribution >= 4 is 17.6 Å². The molecule has 0 aromatic heterocycles. The minimum atomic E-state index is -0.780. The standard InChI is InChI=1S/C15H19ClO4/c1-19-8-10-5-14(20-2)13(16)6-11(10)12(7-15(17)18)9-3-4-9/h5-6,9,12H,3-4,7-8H2,1-2H3,(H,17,18). The van der Waals surface area contributed by atoms with E-state index in [1.54, 1.807) is 14.2 Å².